The normalized spacial score (nSPS) is 11.9. The van der Waals surface area contributed by atoms with E-state index in [9.17, 15) is 22.4 Å². The molecule has 208 valence electrons. The van der Waals surface area contributed by atoms with E-state index in [1.807, 2.05) is 0 Å². The number of hydrogen-bond acceptors (Lipinski definition) is 5. The zero-order chi connectivity index (χ0) is 28.7. The number of ether oxygens (including phenoxy) is 1. The van der Waals surface area contributed by atoms with Crippen molar-refractivity contribution in [2.75, 3.05) is 25.0 Å². The maximum atomic E-state index is 13.9. The Morgan fingerprint density at radius 2 is 1.67 bits per heavy atom. The summed E-state index contributed by atoms with van der Waals surface area (Å²) in [4.78, 5) is 27.8. The summed E-state index contributed by atoms with van der Waals surface area (Å²) in [5.41, 5.74) is 0.584. The molecular formula is C27H28Cl2FN3O5S. The van der Waals surface area contributed by atoms with Crippen molar-refractivity contribution in [3.8, 4) is 5.75 Å². The van der Waals surface area contributed by atoms with Gasteiger partial charge in [0.2, 0.25) is 11.8 Å². The molecule has 0 spiro atoms. The number of amides is 2. The van der Waals surface area contributed by atoms with Crippen molar-refractivity contribution >= 4 is 50.7 Å². The van der Waals surface area contributed by atoms with E-state index >= 15 is 0 Å². The topological polar surface area (TPSA) is 96.0 Å². The maximum Gasteiger partial charge on any atom is 0.264 e. The Morgan fingerprint density at radius 1 is 1.03 bits per heavy atom. The Hall–Kier alpha value is -3.34. The second-order valence-corrected chi connectivity index (χ2v) is 11.2. The van der Waals surface area contributed by atoms with Crippen LogP contribution >= 0.6 is 23.2 Å². The number of carbonyl (C=O) groups is 2. The Kier molecular flexibility index (Phi) is 10.2. The number of nitrogens with zero attached hydrogens (tertiary/aromatic N) is 2. The number of sulfonamides is 1. The predicted octanol–water partition coefficient (Wildman–Crippen LogP) is 4.89. The molecule has 0 aromatic heterocycles. The Morgan fingerprint density at radius 3 is 2.21 bits per heavy atom. The van der Waals surface area contributed by atoms with Gasteiger partial charge in [0.1, 0.15) is 24.2 Å². The Bertz CT molecular complexity index is 1420. The minimum atomic E-state index is -4.30. The molecule has 0 aliphatic rings. The van der Waals surface area contributed by atoms with Crippen molar-refractivity contribution in [1.29, 1.82) is 0 Å². The third kappa shape index (κ3) is 7.20. The number of carbonyl (C=O) groups excluding carboxylic acids is 2. The number of likely N-dealkylation sites (N-methyl/N-ethyl adjacent to an activating group) is 1. The van der Waals surface area contributed by atoms with E-state index in [2.05, 4.69) is 5.32 Å². The van der Waals surface area contributed by atoms with E-state index in [1.165, 1.54) is 61.5 Å². The first kappa shape index (κ1) is 30.2. The van der Waals surface area contributed by atoms with Crippen molar-refractivity contribution in [3.05, 3.63) is 88.2 Å². The van der Waals surface area contributed by atoms with Crippen LogP contribution in [0.2, 0.25) is 10.0 Å². The molecule has 3 aromatic rings. The van der Waals surface area contributed by atoms with Gasteiger partial charge in [-0.05, 0) is 72.6 Å². The average Bonchev–Trinajstić information content (AvgIpc) is 2.93. The summed E-state index contributed by atoms with van der Waals surface area (Å²) in [6, 6.07) is 14.2. The molecule has 0 aliphatic carbocycles. The molecule has 12 heteroatoms. The third-order valence-corrected chi connectivity index (χ3v) is 8.40. The number of hydrogen-bond donors (Lipinski definition) is 1. The fourth-order valence-electron chi connectivity index (χ4n) is 3.93. The molecule has 0 fully saturated rings. The van der Waals surface area contributed by atoms with Crippen molar-refractivity contribution < 1.29 is 27.1 Å². The lowest BCUT2D eigenvalue weighted by atomic mass is 10.1. The van der Waals surface area contributed by atoms with Gasteiger partial charge < -0.3 is 15.0 Å². The van der Waals surface area contributed by atoms with Gasteiger partial charge >= 0.3 is 0 Å². The molecule has 8 nitrogen and oxygen atoms in total. The molecule has 1 N–H and O–H groups in total. The fourth-order valence-corrected chi connectivity index (χ4v) is 5.81. The van der Waals surface area contributed by atoms with E-state index in [4.69, 9.17) is 27.9 Å². The lowest BCUT2D eigenvalue weighted by molar-refractivity contribution is -0.140. The standard InChI is InChI=1S/C27H28Cl2FN3O5S/c1-4-25(27(35)31-2)32(16-18-5-6-19(28)15-24(18)29)26(34)17-33(21-9-7-20(30)8-10-21)39(36,37)23-13-11-22(38-3)12-14-23/h5-15,25H,4,16-17H2,1-3H3,(H,31,35)/t25-/m0/s1. The average molecular weight is 597 g/mol. The number of benzene rings is 3. The van der Waals surface area contributed by atoms with Gasteiger partial charge in [-0.3, -0.25) is 13.9 Å². The van der Waals surface area contributed by atoms with Gasteiger partial charge in [-0.15, -0.1) is 0 Å². The first-order chi connectivity index (χ1) is 18.5. The Balaban J connectivity index is 2.07. The zero-order valence-electron chi connectivity index (χ0n) is 21.5. The largest absolute Gasteiger partial charge is 0.497 e. The molecule has 0 unspecified atom stereocenters. The second-order valence-electron chi connectivity index (χ2n) is 8.46. The molecular weight excluding hydrogens is 568 g/mol. The van der Waals surface area contributed by atoms with Gasteiger partial charge in [0, 0.05) is 23.6 Å². The van der Waals surface area contributed by atoms with Crippen LogP contribution in [0.15, 0.2) is 71.6 Å². The van der Waals surface area contributed by atoms with Crippen LogP contribution in [0.5, 0.6) is 5.75 Å². The first-order valence-electron chi connectivity index (χ1n) is 11.9. The van der Waals surface area contributed by atoms with E-state index in [0.29, 0.717) is 16.3 Å². The van der Waals surface area contributed by atoms with Gasteiger partial charge in [-0.2, -0.15) is 0 Å². The summed E-state index contributed by atoms with van der Waals surface area (Å²) in [5.74, 6) is -1.22. The molecule has 0 bridgehead atoms. The molecule has 1 atom stereocenters. The number of halogens is 3. The number of rotatable bonds is 11. The summed E-state index contributed by atoms with van der Waals surface area (Å²) < 4.78 is 47.2. The van der Waals surface area contributed by atoms with Crippen LogP contribution in [-0.4, -0.2) is 51.9 Å². The number of anilines is 1. The van der Waals surface area contributed by atoms with Crippen LogP contribution in [0.4, 0.5) is 10.1 Å². The van der Waals surface area contributed by atoms with Crippen LogP contribution < -0.4 is 14.4 Å². The molecule has 0 saturated carbocycles. The molecule has 2 amide bonds. The van der Waals surface area contributed by atoms with Gasteiger partial charge in [-0.25, -0.2) is 12.8 Å². The van der Waals surface area contributed by atoms with Gasteiger partial charge in [0.25, 0.3) is 10.0 Å². The zero-order valence-corrected chi connectivity index (χ0v) is 23.9. The lowest BCUT2D eigenvalue weighted by Crippen LogP contribution is -2.51. The van der Waals surface area contributed by atoms with Crippen molar-refractivity contribution in [2.24, 2.45) is 0 Å². The summed E-state index contributed by atoms with van der Waals surface area (Å²) in [6.07, 6.45) is 0.248. The van der Waals surface area contributed by atoms with Crippen LogP contribution in [0.25, 0.3) is 0 Å². The second kappa shape index (κ2) is 13.1. The molecule has 3 rings (SSSR count). The molecule has 0 radical (unpaired) electrons. The summed E-state index contributed by atoms with van der Waals surface area (Å²) in [5, 5.41) is 3.23. The van der Waals surface area contributed by atoms with Gasteiger partial charge in [-0.1, -0.05) is 36.2 Å². The van der Waals surface area contributed by atoms with Crippen LogP contribution in [0.1, 0.15) is 18.9 Å². The third-order valence-electron chi connectivity index (χ3n) is 6.03. The highest BCUT2D eigenvalue weighted by atomic mass is 35.5. The molecule has 3 aromatic carbocycles. The van der Waals surface area contributed by atoms with E-state index < -0.39 is 40.2 Å². The smallest absolute Gasteiger partial charge is 0.264 e. The van der Waals surface area contributed by atoms with E-state index in [1.54, 1.807) is 19.1 Å². The SMILES string of the molecule is CC[C@@H](C(=O)NC)N(Cc1ccc(Cl)cc1Cl)C(=O)CN(c1ccc(F)cc1)S(=O)(=O)c1ccc(OC)cc1. The number of methoxy groups -OCH3 is 1. The van der Waals surface area contributed by atoms with Crippen molar-refractivity contribution in [2.45, 2.75) is 30.8 Å². The van der Waals surface area contributed by atoms with Crippen LogP contribution in [-0.2, 0) is 26.2 Å². The quantitative estimate of drug-likeness (QED) is 0.340. The summed E-state index contributed by atoms with van der Waals surface area (Å²) in [6.45, 7) is 0.981. The van der Waals surface area contributed by atoms with E-state index in [0.717, 1.165) is 16.4 Å². The highest BCUT2D eigenvalue weighted by Crippen LogP contribution is 2.28. The molecule has 39 heavy (non-hydrogen) atoms. The minimum absolute atomic E-state index is 0.0676. The Labute approximate surface area is 237 Å². The summed E-state index contributed by atoms with van der Waals surface area (Å²) >= 11 is 12.4. The van der Waals surface area contributed by atoms with E-state index in [-0.39, 0.29) is 28.6 Å². The predicted molar refractivity (Wildman–Crippen MR) is 149 cm³/mol. The van der Waals surface area contributed by atoms with Gasteiger partial charge in [0.15, 0.2) is 0 Å². The van der Waals surface area contributed by atoms with Gasteiger partial charge in [0.05, 0.1) is 17.7 Å². The fraction of sp³-hybridized carbons (Fsp3) is 0.259. The lowest BCUT2D eigenvalue weighted by Gasteiger charge is -2.33. The monoisotopic (exact) mass is 595 g/mol. The molecule has 0 saturated heterocycles. The summed E-state index contributed by atoms with van der Waals surface area (Å²) in [7, 11) is -1.41. The molecule has 0 heterocycles. The first-order valence-corrected chi connectivity index (χ1v) is 14.1. The van der Waals surface area contributed by atoms with Crippen molar-refractivity contribution in [1.82, 2.24) is 10.2 Å². The van der Waals surface area contributed by atoms with Crippen LogP contribution in [0, 0.1) is 5.82 Å². The van der Waals surface area contributed by atoms with Crippen LogP contribution in [0.3, 0.4) is 0 Å². The molecule has 0 aliphatic heterocycles. The van der Waals surface area contributed by atoms with Crippen molar-refractivity contribution in [3.63, 3.8) is 0 Å². The highest BCUT2D eigenvalue weighted by molar-refractivity contribution is 7.92. The number of nitrogens with one attached hydrogen (secondary N) is 1. The maximum absolute atomic E-state index is 13.9. The highest BCUT2D eigenvalue weighted by Gasteiger charge is 2.33. The minimum Gasteiger partial charge on any atom is -0.497 e.